The summed E-state index contributed by atoms with van der Waals surface area (Å²) < 4.78 is 17.7. The summed E-state index contributed by atoms with van der Waals surface area (Å²) in [4.78, 5) is 17.3. The zero-order valence-electron chi connectivity index (χ0n) is 14.1. The average molecular weight is 359 g/mol. The minimum Gasteiger partial charge on any atom is -0.382 e. The normalized spacial score (nSPS) is 11.4. The predicted octanol–water partition coefficient (Wildman–Crippen LogP) is 2.89. The van der Waals surface area contributed by atoms with Crippen LogP contribution in [-0.4, -0.2) is 29.1 Å². The van der Waals surface area contributed by atoms with Crippen LogP contribution in [0.4, 0.5) is 10.2 Å². The summed E-state index contributed by atoms with van der Waals surface area (Å²) in [5.41, 5.74) is 8.73. The topological polar surface area (TPSA) is 87.4 Å². The van der Waals surface area contributed by atoms with Gasteiger partial charge in [-0.25, -0.2) is 24.3 Å². The van der Waals surface area contributed by atoms with Gasteiger partial charge in [0, 0.05) is 11.8 Å². The molecule has 0 spiro atoms. The van der Waals surface area contributed by atoms with Crippen LogP contribution < -0.4 is 5.73 Å². The molecule has 0 aliphatic carbocycles. The van der Waals surface area contributed by atoms with Crippen LogP contribution in [0.25, 0.3) is 28.2 Å². The molecule has 1 aromatic heterocycles. The van der Waals surface area contributed by atoms with Gasteiger partial charge in [0.1, 0.15) is 23.7 Å². The van der Waals surface area contributed by atoms with Crippen molar-refractivity contribution in [3.8, 4) is 17.2 Å². The smallest absolute Gasteiger partial charge is 0.165 e. The number of hydrogen-bond acceptors (Lipinski definition) is 5. The molecular weight excluding hydrogens is 345 g/mol. The third kappa shape index (κ3) is 2.50. The van der Waals surface area contributed by atoms with E-state index in [0.717, 1.165) is 11.5 Å². The van der Waals surface area contributed by atoms with Crippen LogP contribution in [0.3, 0.4) is 0 Å². The van der Waals surface area contributed by atoms with E-state index in [0.29, 0.717) is 34.9 Å². The highest BCUT2D eigenvalue weighted by molar-refractivity contribution is 5.78. The summed E-state index contributed by atoms with van der Waals surface area (Å²) in [5.74, 6) is 1.37. The first-order valence-corrected chi connectivity index (χ1v) is 8.34. The molecule has 0 radical (unpaired) electrons. The van der Waals surface area contributed by atoms with Crippen molar-refractivity contribution in [1.82, 2.24) is 29.1 Å². The summed E-state index contributed by atoms with van der Waals surface area (Å²) in [6.07, 6.45) is 3.07. The van der Waals surface area contributed by atoms with E-state index in [2.05, 4.69) is 15.0 Å². The molecule has 0 atom stereocenters. The van der Waals surface area contributed by atoms with Crippen LogP contribution >= 0.6 is 0 Å². The first kappa shape index (κ1) is 15.4. The van der Waals surface area contributed by atoms with Crippen LogP contribution in [-0.2, 0) is 6.54 Å². The summed E-state index contributed by atoms with van der Waals surface area (Å²) in [5, 5.41) is 0. The van der Waals surface area contributed by atoms with Crippen molar-refractivity contribution in [3.05, 3.63) is 72.8 Å². The summed E-state index contributed by atoms with van der Waals surface area (Å²) in [6.45, 7) is 0.383. The average Bonchev–Trinajstić information content (AvgIpc) is 3.30. The number of nitrogens with zero attached hydrogens (tertiary/aromatic N) is 6. The van der Waals surface area contributed by atoms with Gasteiger partial charge in [0.25, 0.3) is 0 Å². The number of fused-ring (bicyclic) bond motifs is 2. The monoisotopic (exact) mass is 359 g/mol. The number of benzene rings is 2. The molecule has 5 rings (SSSR count). The van der Waals surface area contributed by atoms with Crippen LogP contribution in [0, 0.1) is 5.82 Å². The van der Waals surface area contributed by atoms with E-state index in [1.54, 1.807) is 12.4 Å². The molecule has 2 aliphatic rings. The van der Waals surface area contributed by atoms with Gasteiger partial charge in [0.2, 0.25) is 0 Å². The molecule has 0 saturated heterocycles. The molecule has 2 aromatic carbocycles. The SMILES string of the molecule is Nc1ncn(Cc2nc3ccc(F)cc3n2-c2ccccc2)c2ncnc1-2. The largest absolute Gasteiger partial charge is 0.382 e. The highest BCUT2D eigenvalue weighted by Crippen LogP contribution is 2.26. The summed E-state index contributed by atoms with van der Waals surface area (Å²) >= 11 is 0. The number of halogens is 1. The Morgan fingerprint density at radius 1 is 1.00 bits per heavy atom. The summed E-state index contributed by atoms with van der Waals surface area (Å²) in [7, 11) is 0. The molecule has 0 unspecified atom stereocenters. The molecule has 8 heteroatoms. The fourth-order valence-corrected chi connectivity index (χ4v) is 3.24. The molecular formula is C19H14FN7. The number of anilines is 1. The molecule has 132 valence electrons. The third-order valence-electron chi connectivity index (χ3n) is 4.44. The van der Waals surface area contributed by atoms with E-state index in [1.807, 2.05) is 39.5 Å². The van der Waals surface area contributed by atoms with Gasteiger partial charge >= 0.3 is 0 Å². The lowest BCUT2D eigenvalue weighted by atomic mass is 10.2. The van der Waals surface area contributed by atoms with E-state index in [1.165, 1.54) is 18.5 Å². The Morgan fingerprint density at radius 2 is 1.85 bits per heavy atom. The minimum absolute atomic E-state index is 0.308. The molecule has 0 amide bonds. The lowest BCUT2D eigenvalue weighted by Crippen LogP contribution is -2.12. The molecule has 3 heterocycles. The third-order valence-corrected chi connectivity index (χ3v) is 4.44. The Hall–Kier alpha value is -3.81. The number of para-hydroxylation sites is 1. The van der Waals surface area contributed by atoms with Crippen LogP contribution in [0.5, 0.6) is 0 Å². The van der Waals surface area contributed by atoms with E-state index < -0.39 is 0 Å². The number of nitrogens with two attached hydrogens (primary N) is 1. The highest BCUT2D eigenvalue weighted by atomic mass is 19.1. The number of imidazole rings is 2. The Balaban J connectivity index is 1.71. The number of aromatic nitrogens is 6. The van der Waals surface area contributed by atoms with Gasteiger partial charge in [-0.1, -0.05) is 18.2 Å². The van der Waals surface area contributed by atoms with Crippen LogP contribution in [0.2, 0.25) is 0 Å². The Labute approximate surface area is 153 Å². The van der Waals surface area contributed by atoms with Gasteiger partial charge in [0.05, 0.1) is 23.9 Å². The Bertz CT molecular complexity index is 1230. The van der Waals surface area contributed by atoms with E-state index in [4.69, 9.17) is 10.7 Å². The lowest BCUT2D eigenvalue weighted by Gasteiger charge is -2.13. The van der Waals surface area contributed by atoms with Crippen LogP contribution in [0.15, 0.2) is 61.2 Å². The first-order valence-electron chi connectivity index (χ1n) is 8.34. The van der Waals surface area contributed by atoms with Crippen molar-refractivity contribution in [2.45, 2.75) is 6.54 Å². The van der Waals surface area contributed by atoms with Crippen molar-refractivity contribution in [1.29, 1.82) is 0 Å². The fraction of sp³-hybridized carbons (Fsp3) is 0.0526. The minimum atomic E-state index is -0.308. The molecule has 27 heavy (non-hydrogen) atoms. The van der Waals surface area contributed by atoms with Crippen molar-refractivity contribution in [3.63, 3.8) is 0 Å². The van der Waals surface area contributed by atoms with Gasteiger partial charge in [-0.2, -0.15) is 0 Å². The van der Waals surface area contributed by atoms with E-state index in [9.17, 15) is 4.39 Å². The molecule has 2 aliphatic heterocycles. The van der Waals surface area contributed by atoms with Crippen molar-refractivity contribution in [2.75, 3.05) is 5.73 Å². The highest BCUT2D eigenvalue weighted by Gasteiger charge is 2.18. The van der Waals surface area contributed by atoms with Gasteiger partial charge in [0.15, 0.2) is 11.6 Å². The van der Waals surface area contributed by atoms with Gasteiger partial charge in [-0.05, 0) is 24.3 Å². The Morgan fingerprint density at radius 3 is 2.70 bits per heavy atom. The standard InChI is InChI=1S/C19H14FN7/c20-12-6-7-14-15(8-12)27(13-4-2-1-3-5-13)16(25-14)9-26-11-24-18(21)17-19(26)23-10-22-17/h1-8,10-11H,9,21H2. The Kier molecular flexibility index (Phi) is 3.36. The van der Waals surface area contributed by atoms with E-state index in [-0.39, 0.29) is 5.82 Å². The maximum atomic E-state index is 13.9. The van der Waals surface area contributed by atoms with Crippen molar-refractivity contribution >= 4 is 16.9 Å². The maximum absolute atomic E-state index is 13.9. The summed E-state index contributed by atoms with van der Waals surface area (Å²) in [6, 6.07) is 14.3. The van der Waals surface area contributed by atoms with Gasteiger partial charge in [-0.3, -0.25) is 4.57 Å². The fourth-order valence-electron chi connectivity index (χ4n) is 3.24. The second-order valence-electron chi connectivity index (χ2n) is 6.14. The number of rotatable bonds is 3. The molecule has 2 N–H and O–H groups in total. The predicted molar refractivity (Wildman–Crippen MR) is 99.0 cm³/mol. The van der Waals surface area contributed by atoms with E-state index >= 15 is 0 Å². The lowest BCUT2D eigenvalue weighted by molar-refractivity contribution is 0.629. The quantitative estimate of drug-likeness (QED) is 0.535. The second kappa shape index (κ2) is 5.87. The van der Waals surface area contributed by atoms with Gasteiger partial charge in [-0.15, -0.1) is 0 Å². The molecule has 0 fully saturated rings. The molecule has 0 bridgehead atoms. The van der Waals surface area contributed by atoms with Crippen molar-refractivity contribution in [2.24, 2.45) is 0 Å². The first-order chi connectivity index (χ1) is 13.2. The van der Waals surface area contributed by atoms with Crippen LogP contribution in [0.1, 0.15) is 5.82 Å². The second-order valence-corrected chi connectivity index (χ2v) is 6.14. The van der Waals surface area contributed by atoms with Crippen molar-refractivity contribution < 1.29 is 4.39 Å². The zero-order chi connectivity index (χ0) is 18.4. The number of nitrogen functional groups attached to an aromatic ring is 1. The molecule has 0 saturated carbocycles. The zero-order valence-corrected chi connectivity index (χ0v) is 14.1. The number of hydrogen-bond donors (Lipinski definition) is 1. The molecule has 3 aromatic rings. The van der Waals surface area contributed by atoms with Gasteiger partial charge < -0.3 is 10.3 Å². The maximum Gasteiger partial charge on any atom is 0.165 e. The molecule has 7 nitrogen and oxygen atoms in total.